The highest BCUT2D eigenvalue weighted by atomic mass is 16.6. The second-order valence-electron chi connectivity index (χ2n) is 8.91. The lowest BCUT2D eigenvalue weighted by molar-refractivity contribution is -0.128. The molecule has 43 heavy (non-hydrogen) atoms. The molecule has 0 fully saturated rings. The van der Waals surface area contributed by atoms with Gasteiger partial charge in [0.25, 0.3) is 0 Å². The quantitative estimate of drug-likeness (QED) is 0.0838. The number of amides is 6. The number of anilines is 1. The Labute approximate surface area is 250 Å². The van der Waals surface area contributed by atoms with Crippen LogP contribution in [0.25, 0.3) is 0 Å². The molecule has 0 aliphatic carbocycles. The first kappa shape index (κ1) is 37.0. The van der Waals surface area contributed by atoms with Gasteiger partial charge in [0.15, 0.2) is 0 Å². The highest BCUT2D eigenvalue weighted by molar-refractivity contribution is 5.97. The molecule has 0 radical (unpaired) electrons. The minimum absolute atomic E-state index is 0.0206. The molecular weight excluding hydrogens is 568 g/mol. The van der Waals surface area contributed by atoms with Crippen LogP contribution in [-0.2, 0) is 44.7 Å². The fraction of sp³-hybridized carbons (Fsp3) is 0.593. The average molecular weight is 613 g/mol. The van der Waals surface area contributed by atoms with Gasteiger partial charge in [0.05, 0.1) is 52.8 Å². The summed E-state index contributed by atoms with van der Waals surface area (Å²) in [4.78, 5) is 59.2. The highest BCUT2D eigenvalue weighted by Gasteiger charge is 2.21. The van der Waals surface area contributed by atoms with Crippen molar-refractivity contribution in [1.82, 2.24) is 16.0 Å². The van der Waals surface area contributed by atoms with E-state index < -0.39 is 35.9 Å². The number of carbonyl (C=O) groups excluding carboxylic acids is 5. The van der Waals surface area contributed by atoms with Gasteiger partial charge in [-0.2, -0.15) is 0 Å². The number of benzene rings is 1. The van der Waals surface area contributed by atoms with Crippen LogP contribution in [0.5, 0.6) is 0 Å². The molecule has 1 unspecified atom stereocenters. The minimum Gasteiger partial charge on any atom is -0.445 e. The van der Waals surface area contributed by atoms with Gasteiger partial charge >= 0.3 is 12.1 Å². The van der Waals surface area contributed by atoms with Crippen LogP contribution in [0.2, 0.25) is 0 Å². The summed E-state index contributed by atoms with van der Waals surface area (Å²) in [6, 6.07) is 4.80. The fourth-order valence-corrected chi connectivity index (χ4v) is 3.34. The fourth-order valence-electron chi connectivity index (χ4n) is 3.34. The van der Waals surface area contributed by atoms with E-state index in [1.54, 1.807) is 24.3 Å². The summed E-state index contributed by atoms with van der Waals surface area (Å²) < 4.78 is 25.9. The molecule has 0 saturated heterocycles. The molecule has 1 atom stereocenters. The Kier molecular flexibility index (Phi) is 20.3. The predicted octanol–water partition coefficient (Wildman–Crippen LogP) is -0.254. The second-order valence-corrected chi connectivity index (χ2v) is 8.91. The molecule has 0 heterocycles. The van der Waals surface area contributed by atoms with E-state index >= 15 is 0 Å². The van der Waals surface area contributed by atoms with Crippen molar-refractivity contribution >= 4 is 35.5 Å². The number of carbonyl (C=O) groups is 5. The third kappa shape index (κ3) is 20.5. The first-order valence-corrected chi connectivity index (χ1v) is 13.9. The van der Waals surface area contributed by atoms with Gasteiger partial charge in [-0.15, -0.1) is 0 Å². The molecule has 6 amide bonds. The number of hydrogen-bond acceptors (Lipinski definition) is 10. The van der Waals surface area contributed by atoms with Crippen molar-refractivity contribution in [2.24, 2.45) is 11.5 Å². The summed E-state index contributed by atoms with van der Waals surface area (Å²) >= 11 is 0. The average Bonchev–Trinajstić information content (AvgIpc) is 2.97. The lowest BCUT2D eigenvalue weighted by Crippen LogP contribution is -2.47. The normalized spacial score (nSPS) is 11.3. The van der Waals surface area contributed by atoms with E-state index in [0.717, 1.165) is 0 Å². The van der Waals surface area contributed by atoms with Crippen LogP contribution in [0.4, 0.5) is 15.3 Å². The van der Waals surface area contributed by atoms with Gasteiger partial charge in [-0.05, 0) is 37.5 Å². The van der Waals surface area contributed by atoms with Crippen molar-refractivity contribution in [3.8, 4) is 0 Å². The van der Waals surface area contributed by atoms with Crippen LogP contribution in [-0.4, -0.2) is 102 Å². The zero-order valence-corrected chi connectivity index (χ0v) is 24.5. The molecule has 0 bridgehead atoms. The van der Waals surface area contributed by atoms with Gasteiger partial charge in [0.1, 0.15) is 12.6 Å². The topological polar surface area (TPSA) is 232 Å². The van der Waals surface area contributed by atoms with Gasteiger partial charge < -0.3 is 56.4 Å². The number of hydrogen-bond donors (Lipinski definition) is 6. The molecule has 8 N–H and O–H groups in total. The van der Waals surface area contributed by atoms with E-state index in [-0.39, 0.29) is 39.1 Å². The summed E-state index contributed by atoms with van der Waals surface area (Å²) in [7, 11) is 0. The monoisotopic (exact) mass is 612 g/mol. The van der Waals surface area contributed by atoms with Crippen molar-refractivity contribution < 1.29 is 47.7 Å². The predicted molar refractivity (Wildman–Crippen MR) is 155 cm³/mol. The molecule has 1 aromatic carbocycles. The Balaban J connectivity index is 2.38. The van der Waals surface area contributed by atoms with E-state index in [4.69, 9.17) is 35.2 Å². The van der Waals surface area contributed by atoms with Crippen molar-refractivity contribution in [1.29, 1.82) is 0 Å². The minimum atomic E-state index is -0.963. The Bertz CT molecular complexity index is 980. The maximum absolute atomic E-state index is 12.9. The number of nitrogens with two attached hydrogens (primary N) is 2. The highest BCUT2D eigenvalue weighted by Crippen LogP contribution is 2.12. The Morgan fingerprint density at radius 3 is 1.98 bits per heavy atom. The molecule has 0 aromatic heterocycles. The van der Waals surface area contributed by atoms with Crippen LogP contribution < -0.4 is 32.7 Å². The molecule has 0 aliphatic rings. The molecule has 1 rings (SSSR count). The molecule has 1 aromatic rings. The van der Waals surface area contributed by atoms with Gasteiger partial charge in [-0.3, -0.25) is 14.4 Å². The Morgan fingerprint density at radius 2 is 1.40 bits per heavy atom. The van der Waals surface area contributed by atoms with Crippen molar-refractivity contribution in [3.63, 3.8) is 0 Å². The van der Waals surface area contributed by atoms with E-state index in [2.05, 4.69) is 21.3 Å². The lowest BCUT2D eigenvalue weighted by atomic mass is 10.1. The number of ether oxygens (including phenoxy) is 5. The van der Waals surface area contributed by atoms with E-state index in [0.29, 0.717) is 63.9 Å². The van der Waals surface area contributed by atoms with Gasteiger partial charge in [-0.25, -0.2) is 9.59 Å². The van der Waals surface area contributed by atoms with Crippen LogP contribution in [0.1, 0.15) is 31.7 Å². The number of primary amides is 2. The summed E-state index contributed by atoms with van der Waals surface area (Å²) in [6.45, 7) is 5.13. The van der Waals surface area contributed by atoms with E-state index in [1.807, 2.05) is 6.92 Å². The zero-order valence-electron chi connectivity index (χ0n) is 24.5. The molecule has 16 nitrogen and oxygen atoms in total. The molecule has 0 spiro atoms. The third-order valence-electron chi connectivity index (χ3n) is 5.46. The van der Waals surface area contributed by atoms with Crippen LogP contribution in [0.15, 0.2) is 24.3 Å². The molecular formula is C27H44N6O10. The number of rotatable bonds is 24. The van der Waals surface area contributed by atoms with Crippen LogP contribution in [0, 0.1) is 0 Å². The van der Waals surface area contributed by atoms with Crippen molar-refractivity contribution in [2.45, 2.75) is 38.8 Å². The summed E-state index contributed by atoms with van der Waals surface area (Å²) in [5.41, 5.74) is 11.1. The number of urea groups is 1. The first-order chi connectivity index (χ1) is 20.7. The van der Waals surface area contributed by atoms with Crippen LogP contribution >= 0.6 is 0 Å². The molecule has 0 aliphatic heterocycles. The summed E-state index contributed by atoms with van der Waals surface area (Å²) in [6.07, 6.45) is -0.333. The van der Waals surface area contributed by atoms with Gasteiger partial charge in [0.2, 0.25) is 17.7 Å². The zero-order chi connectivity index (χ0) is 31.7. The number of nitrogens with one attached hydrogen (secondary N) is 4. The van der Waals surface area contributed by atoms with Crippen molar-refractivity contribution in [3.05, 3.63) is 29.8 Å². The molecule has 242 valence electrons. The standard InChI is InChI=1S/C27H44N6O10/c1-2-39-12-13-41-16-17-42-15-14-40-11-9-23(34)31-18-24(35)33-22(4-3-10-30-26(28)37)25(36)32-21-7-5-20(6-8-21)19-43-27(29)38/h5-8,22H,2-4,9-19H2,1H3,(H2,29,38)(H,31,34)(H,32,36)(H,33,35)(H3,28,30,37). The Morgan fingerprint density at radius 1 is 0.791 bits per heavy atom. The summed E-state index contributed by atoms with van der Waals surface area (Å²) in [5, 5.41) is 10.2. The maximum Gasteiger partial charge on any atom is 0.404 e. The van der Waals surface area contributed by atoms with Gasteiger partial charge in [-0.1, -0.05) is 12.1 Å². The SMILES string of the molecule is CCOCCOCCOCCOCCC(=O)NCC(=O)NC(CCCNC(N)=O)C(=O)Nc1ccc(COC(N)=O)cc1. The largest absolute Gasteiger partial charge is 0.445 e. The maximum atomic E-state index is 12.9. The second kappa shape index (κ2) is 23.6. The van der Waals surface area contributed by atoms with Crippen molar-refractivity contribution in [2.75, 3.05) is 71.3 Å². The lowest BCUT2D eigenvalue weighted by Gasteiger charge is -2.19. The molecule has 0 saturated carbocycles. The Hall–Kier alpha value is -3.99. The summed E-state index contributed by atoms with van der Waals surface area (Å²) in [5.74, 6) is -1.48. The smallest absolute Gasteiger partial charge is 0.404 e. The van der Waals surface area contributed by atoms with Crippen LogP contribution in [0.3, 0.4) is 0 Å². The van der Waals surface area contributed by atoms with E-state index in [1.165, 1.54) is 0 Å². The van der Waals surface area contributed by atoms with Gasteiger partial charge in [0, 0.05) is 25.3 Å². The third-order valence-corrected chi connectivity index (χ3v) is 5.46. The first-order valence-electron chi connectivity index (χ1n) is 13.9. The molecule has 16 heteroatoms. The van der Waals surface area contributed by atoms with E-state index in [9.17, 15) is 24.0 Å².